The summed E-state index contributed by atoms with van der Waals surface area (Å²) in [6.07, 6.45) is 6.63. The van der Waals surface area contributed by atoms with E-state index >= 15 is 0 Å². The highest BCUT2D eigenvalue weighted by atomic mass is 127. The predicted octanol–water partition coefficient (Wildman–Crippen LogP) is 3.81. The standard InChI is InChI=1S/C21H34N4O.HI/c1-3-22-21(23-12-11-17-9-10-17)24-16-20(25-13-4-5-14-25)18-7-6-8-19(15-18)26-2;/h6-8,15,17,20H,3-5,9-14,16H2,1-2H3,(H2,22,23,24);1H. The number of benzene rings is 1. The number of likely N-dealkylation sites (tertiary alicyclic amines) is 1. The molecule has 1 atom stereocenters. The van der Waals surface area contributed by atoms with E-state index in [-0.39, 0.29) is 24.0 Å². The lowest BCUT2D eigenvalue weighted by molar-refractivity contribution is 0.251. The Morgan fingerprint density at radius 2 is 2.04 bits per heavy atom. The number of aliphatic imine (C=N–C) groups is 1. The number of halogens is 1. The molecule has 0 aromatic heterocycles. The van der Waals surface area contributed by atoms with E-state index in [2.05, 4.69) is 40.7 Å². The summed E-state index contributed by atoms with van der Waals surface area (Å²) in [6.45, 7) is 7.11. The van der Waals surface area contributed by atoms with E-state index in [1.54, 1.807) is 7.11 Å². The summed E-state index contributed by atoms with van der Waals surface area (Å²) in [6, 6.07) is 8.77. The van der Waals surface area contributed by atoms with Gasteiger partial charge in [0.1, 0.15) is 5.75 Å². The molecule has 2 N–H and O–H groups in total. The van der Waals surface area contributed by atoms with E-state index in [0.717, 1.165) is 50.4 Å². The van der Waals surface area contributed by atoms with Crippen molar-refractivity contribution in [2.24, 2.45) is 10.9 Å². The van der Waals surface area contributed by atoms with Crippen molar-refractivity contribution in [3.63, 3.8) is 0 Å². The molecule has 152 valence electrons. The van der Waals surface area contributed by atoms with Crippen LogP contribution in [0.1, 0.15) is 50.6 Å². The van der Waals surface area contributed by atoms with Gasteiger partial charge in [-0.25, -0.2) is 0 Å². The average Bonchev–Trinajstić information content (AvgIpc) is 3.33. The van der Waals surface area contributed by atoms with Gasteiger partial charge in [-0.15, -0.1) is 24.0 Å². The van der Waals surface area contributed by atoms with Gasteiger partial charge in [0, 0.05) is 13.1 Å². The highest BCUT2D eigenvalue weighted by molar-refractivity contribution is 14.0. The third kappa shape index (κ3) is 7.14. The number of nitrogens with zero attached hydrogens (tertiary/aromatic N) is 2. The number of hydrogen-bond donors (Lipinski definition) is 2. The molecule has 1 unspecified atom stereocenters. The maximum atomic E-state index is 5.43. The zero-order chi connectivity index (χ0) is 18.2. The van der Waals surface area contributed by atoms with E-state index in [1.165, 1.54) is 37.7 Å². The maximum Gasteiger partial charge on any atom is 0.191 e. The molecular formula is C21H35IN4O. The normalized spacial score (nSPS) is 18.7. The first kappa shape index (κ1) is 22.3. The zero-order valence-electron chi connectivity index (χ0n) is 16.7. The molecule has 0 spiro atoms. The van der Waals surface area contributed by atoms with Gasteiger partial charge in [0.15, 0.2) is 5.96 Å². The van der Waals surface area contributed by atoms with E-state index in [9.17, 15) is 0 Å². The molecule has 6 heteroatoms. The lowest BCUT2D eigenvalue weighted by Gasteiger charge is -2.27. The van der Waals surface area contributed by atoms with E-state index in [4.69, 9.17) is 9.73 Å². The summed E-state index contributed by atoms with van der Waals surface area (Å²) >= 11 is 0. The molecule has 27 heavy (non-hydrogen) atoms. The topological polar surface area (TPSA) is 48.9 Å². The van der Waals surface area contributed by atoms with Gasteiger partial charge in [-0.1, -0.05) is 25.0 Å². The number of ether oxygens (including phenoxy) is 1. The quantitative estimate of drug-likeness (QED) is 0.317. The third-order valence-electron chi connectivity index (χ3n) is 5.37. The average molecular weight is 486 g/mol. The fourth-order valence-corrected chi connectivity index (χ4v) is 3.65. The SMILES string of the molecule is CCNC(=NCC(c1cccc(OC)c1)N1CCCC1)NCCC1CC1.I. The van der Waals surface area contributed by atoms with Gasteiger partial charge in [-0.3, -0.25) is 9.89 Å². The van der Waals surface area contributed by atoms with Crippen LogP contribution < -0.4 is 15.4 Å². The van der Waals surface area contributed by atoms with Crippen LogP contribution in [0.3, 0.4) is 0 Å². The number of methoxy groups -OCH3 is 1. The molecule has 0 radical (unpaired) electrons. The van der Waals surface area contributed by atoms with Gasteiger partial charge in [-0.2, -0.15) is 0 Å². The first-order valence-electron chi connectivity index (χ1n) is 10.2. The van der Waals surface area contributed by atoms with Crippen molar-refractivity contribution >= 4 is 29.9 Å². The molecule has 2 fully saturated rings. The van der Waals surface area contributed by atoms with Crippen LogP contribution in [0, 0.1) is 5.92 Å². The molecular weight excluding hydrogens is 451 g/mol. The van der Waals surface area contributed by atoms with Gasteiger partial charge >= 0.3 is 0 Å². The summed E-state index contributed by atoms with van der Waals surface area (Å²) in [5.74, 6) is 2.81. The maximum absolute atomic E-state index is 5.43. The minimum Gasteiger partial charge on any atom is -0.497 e. The Hall–Kier alpha value is -1.02. The molecule has 0 bridgehead atoms. The first-order chi connectivity index (χ1) is 12.8. The highest BCUT2D eigenvalue weighted by Crippen LogP contribution is 2.31. The van der Waals surface area contributed by atoms with Crippen molar-refractivity contribution in [2.45, 2.75) is 45.1 Å². The van der Waals surface area contributed by atoms with Crippen LogP contribution in [-0.4, -0.2) is 50.7 Å². The molecule has 1 aromatic rings. The monoisotopic (exact) mass is 486 g/mol. The molecule has 3 rings (SSSR count). The van der Waals surface area contributed by atoms with Gasteiger partial charge in [0.25, 0.3) is 0 Å². The summed E-state index contributed by atoms with van der Waals surface area (Å²) in [5.41, 5.74) is 1.30. The van der Waals surface area contributed by atoms with Crippen LogP contribution in [0.15, 0.2) is 29.3 Å². The van der Waals surface area contributed by atoms with Gasteiger partial charge in [0.2, 0.25) is 0 Å². The Balaban J connectivity index is 0.00000261. The van der Waals surface area contributed by atoms with Gasteiger partial charge in [0.05, 0.1) is 19.7 Å². The molecule has 1 aliphatic carbocycles. The van der Waals surface area contributed by atoms with Crippen molar-refractivity contribution in [2.75, 3.05) is 39.8 Å². The lowest BCUT2D eigenvalue weighted by atomic mass is 10.1. The Kier molecular flexibility index (Phi) is 9.68. The van der Waals surface area contributed by atoms with Crippen molar-refractivity contribution in [3.8, 4) is 5.75 Å². The molecule has 1 aromatic carbocycles. The smallest absolute Gasteiger partial charge is 0.191 e. The molecule has 1 aliphatic heterocycles. The number of nitrogens with one attached hydrogen (secondary N) is 2. The third-order valence-corrected chi connectivity index (χ3v) is 5.37. The van der Waals surface area contributed by atoms with E-state index < -0.39 is 0 Å². The second-order valence-corrected chi connectivity index (χ2v) is 7.41. The minimum atomic E-state index is 0. The minimum absolute atomic E-state index is 0. The van der Waals surface area contributed by atoms with E-state index in [0.29, 0.717) is 6.04 Å². The van der Waals surface area contributed by atoms with Gasteiger partial charge in [-0.05, 0) is 62.9 Å². The van der Waals surface area contributed by atoms with Crippen LogP contribution in [-0.2, 0) is 0 Å². The number of rotatable bonds is 9. The second kappa shape index (κ2) is 11.7. The van der Waals surface area contributed by atoms with Crippen LogP contribution in [0.4, 0.5) is 0 Å². The number of hydrogen-bond acceptors (Lipinski definition) is 3. The van der Waals surface area contributed by atoms with Crippen LogP contribution in [0.2, 0.25) is 0 Å². The molecule has 0 amide bonds. The Bertz CT molecular complexity index is 585. The largest absolute Gasteiger partial charge is 0.497 e. The first-order valence-corrected chi connectivity index (χ1v) is 10.2. The van der Waals surface area contributed by atoms with Crippen LogP contribution in [0.5, 0.6) is 5.75 Å². The Labute approximate surface area is 181 Å². The lowest BCUT2D eigenvalue weighted by Crippen LogP contribution is -2.39. The molecule has 2 aliphatic rings. The molecule has 1 saturated carbocycles. The highest BCUT2D eigenvalue weighted by Gasteiger charge is 2.24. The van der Waals surface area contributed by atoms with Crippen molar-refractivity contribution in [3.05, 3.63) is 29.8 Å². The second-order valence-electron chi connectivity index (χ2n) is 7.41. The van der Waals surface area contributed by atoms with Crippen molar-refractivity contribution in [1.82, 2.24) is 15.5 Å². The summed E-state index contributed by atoms with van der Waals surface area (Å²) < 4.78 is 5.43. The van der Waals surface area contributed by atoms with E-state index in [1.807, 2.05) is 6.07 Å². The molecule has 1 heterocycles. The molecule has 5 nitrogen and oxygen atoms in total. The van der Waals surface area contributed by atoms with Crippen LogP contribution in [0.25, 0.3) is 0 Å². The fourth-order valence-electron chi connectivity index (χ4n) is 3.65. The van der Waals surface area contributed by atoms with Gasteiger partial charge < -0.3 is 15.4 Å². The summed E-state index contributed by atoms with van der Waals surface area (Å²) in [7, 11) is 1.73. The fraction of sp³-hybridized carbons (Fsp3) is 0.667. The van der Waals surface area contributed by atoms with Crippen LogP contribution >= 0.6 is 24.0 Å². The Morgan fingerprint density at radius 3 is 2.70 bits per heavy atom. The van der Waals surface area contributed by atoms with Crippen molar-refractivity contribution < 1.29 is 4.74 Å². The summed E-state index contributed by atoms with van der Waals surface area (Å²) in [5, 5.41) is 6.90. The number of guanidine groups is 1. The Morgan fingerprint density at radius 1 is 1.26 bits per heavy atom. The predicted molar refractivity (Wildman–Crippen MR) is 123 cm³/mol. The summed E-state index contributed by atoms with van der Waals surface area (Å²) in [4.78, 5) is 7.48. The molecule has 1 saturated heterocycles. The van der Waals surface area contributed by atoms with Crippen molar-refractivity contribution in [1.29, 1.82) is 0 Å². The zero-order valence-corrected chi connectivity index (χ0v) is 19.1.